The van der Waals surface area contributed by atoms with Crippen LogP contribution in [0.2, 0.25) is 0 Å². The van der Waals surface area contributed by atoms with Crippen LogP contribution in [-0.2, 0) is 19.3 Å². The van der Waals surface area contributed by atoms with Crippen LogP contribution in [0.3, 0.4) is 0 Å². The Kier molecular flexibility index (Phi) is 3.51. The zero-order valence-corrected chi connectivity index (χ0v) is 16.1. The van der Waals surface area contributed by atoms with Gasteiger partial charge < -0.3 is 11.1 Å². The molecule has 140 valence electrons. The molecular weight excluding hydrogens is 354 g/mol. The molecule has 0 radical (unpaired) electrons. The van der Waals surface area contributed by atoms with Gasteiger partial charge in [0.1, 0.15) is 0 Å². The van der Waals surface area contributed by atoms with E-state index in [4.69, 9.17) is 10.7 Å². The second-order valence-electron chi connectivity index (χ2n) is 7.91. The van der Waals surface area contributed by atoms with Crippen molar-refractivity contribution in [1.29, 1.82) is 0 Å². The molecule has 0 fully saturated rings. The third-order valence-electron chi connectivity index (χ3n) is 6.17. The van der Waals surface area contributed by atoms with Gasteiger partial charge in [-0.25, -0.2) is 4.99 Å². The fraction of sp³-hybridized carbons (Fsp3) is 0.115. The maximum Gasteiger partial charge on any atom is 0.198 e. The summed E-state index contributed by atoms with van der Waals surface area (Å²) < 4.78 is 0. The zero-order valence-electron chi connectivity index (χ0n) is 16.1. The maximum atomic E-state index is 6.29. The van der Waals surface area contributed by atoms with Crippen LogP contribution < -0.4 is 11.1 Å². The molecule has 0 saturated carbocycles. The second-order valence-corrected chi connectivity index (χ2v) is 7.91. The molecule has 0 aromatic heterocycles. The molecule has 0 aliphatic heterocycles. The minimum Gasteiger partial charge on any atom is -0.369 e. The zero-order chi connectivity index (χ0) is 19.4. The number of guanidine groups is 1. The molecule has 4 aromatic carbocycles. The average molecular weight is 375 g/mol. The van der Waals surface area contributed by atoms with Gasteiger partial charge >= 0.3 is 0 Å². The summed E-state index contributed by atoms with van der Waals surface area (Å²) in [6.07, 6.45) is 3.08. The van der Waals surface area contributed by atoms with Crippen LogP contribution >= 0.6 is 0 Å². The summed E-state index contributed by atoms with van der Waals surface area (Å²) in [4.78, 5) is 4.72. The van der Waals surface area contributed by atoms with Crippen molar-refractivity contribution in [3.05, 3.63) is 95.1 Å². The number of anilines is 1. The van der Waals surface area contributed by atoms with Crippen molar-refractivity contribution in [3.8, 4) is 11.1 Å². The molecule has 0 bridgehead atoms. The van der Waals surface area contributed by atoms with E-state index in [1.54, 1.807) is 0 Å². The van der Waals surface area contributed by atoms with Gasteiger partial charge in [0.15, 0.2) is 5.96 Å². The van der Waals surface area contributed by atoms with Gasteiger partial charge in [-0.15, -0.1) is 0 Å². The van der Waals surface area contributed by atoms with Crippen molar-refractivity contribution in [2.75, 3.05) is 5.32 Å². The number of nitrogens with zero attached hydrogens (tertiary/aromatic N) is 1. The van der Waals surface area contributed by atoms with Crippen LogP contribution in [0.15, 0.2) is 77.8 Å². The number of aliphatic imine (C=N–C) groups is 1. The molecule has 2 aliphatic rings. The summed E-state index contributed by atoms with van der Waals surface area (Å²) in [5, 5.41) is 5.94. The standard InChI is InChI=1S/C26H21N3/c27-26(29-24-13-9-17-6-3-5-16-8-11-23(24)25(16)17)28-20-10-12-22-19(15-20)14-18-4-1-2-7-21(18)22/h1-7,9-10,12-13,15H,8,11,14H2,(H3,27,28,29). The Morgan fingerprint density at radius 3 is 2.62 bits per heavy atom. The van der Waals surface area contributed by atoms with Crippen LogP contribution in [0.5, 0.6) is 0 Å². The smallest absolute Gasteiger partial charge is 0.198 e. The summed E-state index contributed by atoms with van der Waals surface area (Å²) >= 11 is 0. The average Bonchev–Trinajstić information content (AvgIpc) is 3.32. The Morgan fingerprint density at radius 2 is 1.66 bits per heavy atom. The van der Waals surface area contributed by atoms with Gasteiger partial charge in [-0.1, -0.05) is 54.6 Å². The molecule has 0 heterocycles. The lowest BCUT2D eigenvalue weighted by molar-refractivity contribution is 1.02. The van der Waals surface area contributed by atoms with E-state index < -0.39 is 0 Å². The van der Waals surface area contributed by atoms with Crippen molar-refractivity contribution in [2.24, 2.45) is 10.7 Å². The summed E-state index contributed by atoms with van der Waals surface area (Å²) in [5.41, 5.74) is 16.3. The largest absolute Gasteiger partial charge is 0.369 e. The number of nitrogens with one attached hydrogen (secondary N) is 1. The maximum absolute atomic E-state index is 6.29. The summed E-state index contributed by atoms with van der Waals surface area (Å²) in [6, 6.07) is 25.8. The number of nitrogens with two attached hydrogens (primary N) is 1. The van der Waals surface area contributed by atoms with E-state index in [1.165, 1.54) is 44.2 Å². The monoisotopic (exact) mass is 375 g/mol. The van der Waals surface area contributed by atoms with Crippen molar-refractivity contribution in [3.63, 3.8) is 0 Å². The number of benzene rings is 4. The van der Waals surface area contributed by atoms with Crippen LogP contribution in [0, 0.1) is 0 Å². The van der Waals surface area contributed by atoms with E-state index in [2.05, 4.69) is 78.1 Å². The number of fused-ring (bicyclic) bond motifs is 3. The molecule has 2 aliphatic carbocycles. The number of hydrogen-bond acceptors (Lipinski definition) is 1. The van der Waals surface area contributed by atoms with E-state index >= 15 is 0 Å². The lowest BCUT2D eigenvalue weighted by Crippen LogP contribution is -2.22. The third kappa shape index (κ3) is 2.62. The minimum absolute atomic E-state index is 0.431. The topological polar surface area (TPSA) is 50.4 Å². The van der Waals surface area contributed by atoms with E-state index in [9.17, 15) is 0 Å². The highest BCUT2D eigenvalue weighted by Crippen LogP contribution is 2.38. The van der Waals surface area contributed by atoms with Crippen molar-refractivity contribution < 1.29 is 0 Å². The number of aryl methyl sites for hydroxylation is 2. The predicted octanol–water partition coefficient (Wildman–Crippen LogP) is 5.57. The first-order valence-corrected chi connectivity index (χ1v) is 10.1. The number of rotatable bonds is 2. The quantitative estimate of drug-likeness (QED) is 0.313. The van der Waals surface area contributed by atoms with E-state index in [1.807, 2.05) is 0 Å². The van der Waals surface area contributed by atoms with Crippen molar-refractivity contribution in [1.82, 2.24) is 0 Å². The molecule has 0 unspecified atom stereocenters. The SMILES string of the molecule is NC(=Nc1ccc2cccc3c2c1CC3)Nc1ccc2c(c1)Cc1ccccc1-2. The molecule has 0 amide bonds. The highest BCUT2D eigenvalue weighted by Gasteiger charge is 2.19. The van der Waals surface area contributed by atoms with Gasteiger partial charge in [0.25, 0.3) is 0 Å². The molecule has 0 atom stereocenters. The van der Waals surface area contributed by atoms with E-state index in [0.717, 1.165) is 30.6 Å². The lowest BCUT2D eigenvalue weighted by atomic mass is 10.0. The van der Waals surface area contributed by atoms with Gasteiger partial charge in [-0.05, 0) is 81.6 Å². The Balaban J connectivity index is 1.31. The Bertz CT molecular complexity index is 1320. The van der Waals surface area contributed by atoms with Crippen LogP contribution in [0.4, 0.5) is 11.4 Å². The Hall–Kier alpha value is -3.59. The lowest BCUT2D eigenvalue weighted by Gasteiger charge is -2.10. The Morgan fingerprint density at radius 1 is 0.793 bits per heavy atom. The molecule has 0 saturated heterocycles. The van der Waals surface area contributed by atoms with E-state index in [0.29, 0.717) is 5.96 Å². The molecule has 29 heavy (non-hydrogen) atoms. The van der Waals surface area contributed by atoms with Gasteiger partial charge in [-0.3, -0.25) is 0 Å². The number of hydrogen-bond donors (Lipinski definition) is 2. The fourth-order valence-electron chi connectivity index (χ4n) is 4.88. The molecule has 3 nitrogen and oxygen atoms in total. The third-order valence-corrected chi connectivity index (χ3v) is 6.17. The first-order chi connectivity index (χ1) is 14.3. The highest BCUT2D eigenvalue weighted by molar-refractivity contribution is 5.98. The van der Waals surface area contributed by atoms with Gasteiger partial charge in [0, 0.05) is 5.69 Å². The Labute approximate surface area is 169 Å². The highest BCUT2D eigenvalue weighted by atomic mass is 15.1. The molecule has 0 spiro atoms. The van der Waals surface area contributed by atoms with Crippen LogP contribution in [-0.4, -0.2) is 5.96 Å². The predicted molar refractivity (Wildman–Crippen MR) is 121 cm³/mol. The first-order valence-electron chi connectivity index (χ1n) is 10.1. The fourth-order valence-corrected chi connectivity index (χ4v) is 4.88. The van der Waals surface area contributed by atoms with Crippen LogP contribution in [0.1, 0.15) is 22.3 Å². The van der Waals surface area contributed by atoms with Gasteiger partial charge in [0.2, 0.25) is 0 Å². The molecule has 3 N–H and O–H groups in total. The molecular formula is C26H21N3. The van der Waals surface area contributed by atoms with Gasteiger partial charge in [0.05, 0.1) is 5.69 Å². The normalized spacial score (nSPS) is 14.1. The van der Waals surface area contributed by atoms with Crippen molar-refractivity contribution >= 4 is 28.1 Å². The summed E-state index contributed by atoms with van der Waals surface area (Å²) in [5.74, 6) is 0.431. The second kappa shape index (κ2) is 6.21. The van der Waals surface area contributed by atoms with Gasteiger partial charge in [-0.2, -0.15) is 0 Å². The van der Waals surface area contributed by atoms with Crippen molar-refractivity contribution in [2.45, 2.75) is 19.3 Å². The van der Waals surface area contributed by atoms with E-state index in [-0.39, 0.29) is 0 Å². The molecule has 6 rings (SSSR count). The summed E-state index contributed by atoms with van der Waals surface area (Å²) in [6.45, 7) is 0. The minimum atomic E-state index is 0.431. The first kappa shape index (κ1) is 16.4. The molecule has 3 heteroatoms. The summed E-state index contributed by atoms with van der Waals surface area (Å²) in [7, 11) is 0. The molecule has 4 aromatic rings. The van der Waals surface area contributed by atoms with Crippen LogP contribution in [0.25, 0.3) is 21.9 Å².